The van der Waals surface area contributed by atoms with Crippen LogP contribution in [0, 0.1) is 0 Å². The average molecular weight is 361 g/mol. The maximum atomic E-state index is 12.1. The largest absolute Gasteiger partial charge is 0.464 e. The first kappa shape index (κ1) is 15.1. The molecule has 2 aromatic carbocycles. The molecule has 1 aliphatic rings. The number of anilines is 1. The molecule has 0 bridgehead atoms. The second-order valence-electron chi connectivity index (χ2n) is 5.37. The smallest absolute Gasteiger partial charge is 0.331 e. The number of ether oxygens (including phenoxy) is 1. The van der Waals surface area contributed by atoms with Crippen LogP contribution in [-0.4, -0.2) is 18.1 Å². The van der Waals surface area contributed by atoms with Crippen LogP contribution < -0.4 is 10.4 Å². The summed E-state index contributed by atoms with van der Waals surface area (Å²) in [6, 6.07) is 12.3. The van der Waals surface area contributed by atoms with E-state index in [2.05, 4.69) is 45.6 Å². The lowest BCUT2D eigenvalue weighted by molar-refractivity contribution is -0.148. The van der Waals surface area contributed by atoms with E-state index >= 15 is 0 Å². The van der Waals surface area contributed by atoms with Crippen molar-refractivity contribution in [1.82, 2.24) is 5.43 Å². The lowest BCUT2D eigenvalue weighted by Crippen LogP contribution is -2.51. The summed E-state index contributed by atoms with van der Waals surface area (Å²) in [5, 5.41) is 4.14. The lowest BCUT2D eigenvalue weighted by atomic mass is 10.1. The van der Waals surface area contributed by atoms with Crippen molar-refractivity contribution in [2.45, 2.75) is 19.4 Å². The highest BCUT2D eigenvalue weighted by Gasteiger charge is 2.38. The minimum absolute atomic E-state index is 0.286. The van der Waals surface area contributed by atoms with E-state index in [9.17, 15) is 4.79 Å². The second-order valence-corrected chi connectivity index (χ2v) is 6.23. The van der Waals surface area contributed by atoms with Gasteiger partial charge in [-0.2, -0.15) is 0 Å². The van der Waals surface area contributed by atoms with Crippen molar-refractivity contribution in [3.8, 4) is 0 Å². The van der Waals surface area contributed by atoms with Crippen LogP contribution in [0.3, 0.4) is 0 Å². The summed E-state index contributed by atoms with van der Waals surface area (Å²) >= 11 is 3.60. The molecule has 1 N–H and O–H groups in total. The molecular weight excluding hydrogens is 344 g/mol. The van der Waals surface area contributed by atoms with E-state index in [0.717, 1.165) is 20.9 Å². The average Bonchev–Trinajstić information content (AvgIpc) is 2.90. The van der Waals surface area contributed by atoms with Crippen molar-refractivity contribution in [2.24, 2.45) is 0 Å². The normalized spacial score (nSPS) is 20.6. The van der Waals surface area contributed by atoms with Crippen molar-refractivity contribution in [2.75, 3.05) is 11.6 Å². The van der Waals surface area contributed by atoms with Gasteiger partial charge in [0.1, 0.15) is 0 Å². The molecule has 3 rings (SSSR count). The summed E-state index contributed by atoms with van der Waals surface area (Å²) < 4.78 is 6.08. The van der Waals surface area contributed by atoms with Gasteiger partial charge in [0.25, 0.3) is 0 Å². The monoisotopic (exact) mass is 360 g/mol. The molecule has 4 nitrogen and oxygen atoms in total. The Morgan fingerprint density at radius 3 is 2.68 bits per heavy atom. The fourth-order valence-electron chi connectivity index (χ4n) is 2.47. The molecule has 0 saturated carbocycles. The van der Waals surface area contributed by atoms with E-state index < -0.39 is 5.54 Å². The van der Waals surface area contributed by atoms with Crippen LogP contribution in [0.5, 0.6) is 0 Å². The first-order valence-electron chi connectivity index (χ1n) is 7.15. The minimum atomic E-state index is -0.846. The number of rotatable bonds is 3. The maximum absolute atomic E-state index is 12.1. The van der Waals surface area contributed by atoms with Gasteiger partial charge in [-0.3, -0.25) is 5.01 Å². The number of nitrogens with zero attached hydrogens (tertiary/aromatic N) is 1. The minimum Gasteiger partial charge on any atom is -0.464 e. The molecule has 1 atom stereocenters. The number of carbonyl (C=O) groups is 1. The first-order valence-corrected chi connectivity index (χ1v) is 7.95. The van der Waals surface area contributed by atoms with Crippen molar-refractivity contribution in [1.29, 1.82) is 0 Å². The molecule has 0 spiro atoms. The number of nitrogens with one attached hydrogen (secondary N) is 1. The predicted molar refractivity (Wildman–Crippen MR) is 91.4 cm³/mol. The molecule has 0 saturated heterocycles. The number of hydrazine groups is 1. The molecular formula is C17H17BrN2O2. The second kappa shape index (κ2) is 5.74. The highest BCUT2D eigenvalue weighted by atomic mass is 79.9. The molecule has 0 aliphatic carbocycles. The molecule has 0 radical (unpaired) electrons. The predicted octanol–water partition coefficient (Wildman–Crippen LogP) is 3.76. The quantitative estimate of drug-likeness (QED) is 0.846. The van der Waals surface area contributed by atoms with Gasteiger partial charge in [0.15, 0.2) is 5.54 Å². The van der Waals surface area contributed by atoms with Gasteiger partial charge in [-0.25, -0.2) is 10.2 Å². The third kappa shape index (κ3) is 2.62. The number of hydrogen-bond acceptors (Lipinski definition) is 4. The topological polar surface area (TPSA) is 41.6 Å². The van der Waals surface area contributed by atoms with Crippen molar-refractivity contribution in [3.63, 3.8) is 0 Å². The van der Waals surface area contributed by atoms with Crippen molar-refractivity contribution in [3.05, 3.63) is 53.1 Å². The van der Waals surface area contributed by atoms with Gasteiger partial charge < -0.3 is 4.74 Å². The van der Waals surface area contributed by atoms with E-state index in [0.29, 0.717) is 6.61 Å². The van der Waals surface area contributed by atoms with Crippen LogP contribution in [0.2, 0.25) is 0 Å². The molecule has 0 fully saturated rings. The van der Waals surface area contributed by atoms with Gasteiger partial charge in [0.05, 0.1) is 12.3 Å². The Morgan fingerprint density at radius 1 is 1.32 bits per heavy atom. The van der Waals surface area contributed by atoms with Gasteiger partial charge in [-0.15, -0.1) is 0 Å². The molecule has 1 aliphatic heterocycles. The van der Waals surface area contributed by atoms with Crippen LogP contribution in [0.1, 0.15) is 13.8 Å². The zero-order valence-corrected chi connectivity index (χ0v) is 14.1. The summed E-state index contributed by atoms with van der Waals surface area (Å²) in [6.45, 7) is 3.97. The summed E-state index contributed by atoms with van der Waals surface area (Å²) in [5.74, 6) is -0.286. The van der Waals surface area contributed by atoms with E-state index in [1.165, 1.54) is 0 Å². The zero-order chi connectivity index (χ0) is 15.7. The SMILES string of the molecule is CCOC(=O)C1(C)C=CN(c2cc3ccccc3cc2Br)N1. The molecule has 1 unspecified atom stereocenters. The van der Waals surface area contributed by atoms with Gasteiger partial charge in [0.2, 0.25) is 0 Å². The third-order valence-corrected chi connectivity index (χ3v) is 4.32. The fraction of sp³-hybridized carbons (Fsp3) is 0.235. The van der Waals surface area contributed by atoms with Gasteiger partial charge >= 0.3 is 5.97 Å². The van der Waals surface area contributed by atoms with E-state index in [1.54, 1.807) is 13.8 Å². The Kier molecular flexibility index (Phi) is 3.93. The van der Waals surface area contributed by atoms with Crippen LogP contribution in [-0.2, 0) is 9.53 Å². The highest BCUT2D eigenvalue weighted by Crippen LogP contribution is 2.33. The number of carbonyl (C=O) groups excluding carboxylic acids is 1. The maximum Gasteiger partial charge on any atom is 0.331 e. The van der Waals surface area contributed by atoms with Crippen LogP contribution in [0.25, 0.3) is 10.8 Å². The lowest BCUT2D eigenvalue weighted by Gasteiger charge is -2.26. The van der Waals surface area contributed by atoms with Crippen molar-refractivity contribution >= 4 is 38.4 Å². The summed E-state index contributed by atoms with van der Waals surface area (Å²) in [6.07, 6.45) is 3.67. The fourth-order valence-corrected chi connectivity index (χ4v) is 3.02. The van der Waals surface area contributed by atoms with E-state index in [1.807, 2.05) is 29.4 Å². The summed E-state index contributed by atoms with van der Waals surface area (Å²) in [5.41, 5.74) is 3.29. The summed E-state index contributed by atoms with van der Waals surface area (Å²) in [7, 11) is 0. The number of fused-ring (bicyclic) bond motifs is 1. The number of hydrogen-bond donors (Lipinski definition) is 1. The molecule has 114 valence electrons. The Morgan fingerprint density at radius 2 is 2.00 bits per heavy atom. The number of halogens is 1. The van der Waals surface area contributed by atoms with Crippen LogP contribution in [0.4, 0.5) is 5.69 Å². The van der Waals surface area contributed by atoms with Gasteiger partial charge in [-0.05, 0) is 58.8 Å². The van der Waals surface area contributed by atoms with Crippen LogP contribution >= 0.6 is 15.9 Å². The van der Waals surface area contributed by atoms with Gasteiger partial charge in [-0.1, -0.05) is 24.3 Å². The number of esters is 1. The zero-order valence-electron chi connectivity index (χ0n) is 12.5. The van der Waals surface area contributed by atoms with Crippen molar-refractivity contribution < 1.29 is 9.53 Å². The van der Waals surface area contributed by atoms with Gasteiger partial charge in [0, 0.05) is 10.7 Å². The molecule has 5 heteroatoms. The molecule has 0 amide bonds. The Bertz CT molecular complexity index is 759. The Balaban J connectivity index is 1.92. The molecule has 1 heterocycles. The Hall–Kier alpha value is -1.85. The molecule has 2 aromatic rings. The van der Waals surface area contributed by atoms with E-state index in [4.69, 9.17) is 4.74 Å². The first-order chi connectivity index (χ1) is 10.5. The number of benzene rings is 2. The third-order valence-electron chi connectivity index (χ3n) is 3.68. The van der Waals surface area contributed by atoms with E-state index in [-0.39, 0.29) is 5.97 Å². The Labute approximate surface area is 137 Å². The van der Waals surface area contributed by atoms with Crippen LogP contribution in [0.15, 0.2) is 53.1 Å². The molecule has 22 heavy (non-hydrogen) atoms. The standard InChI is InChI=1S/C17H17BrN2O2/c1-3-22-16(21)17(2)8-9-20(19-17)15-11-13-7-5-4-6-12(13)10-14(15)18/h4-11,19H,3H2,1-2H3. The highest BCUT2D eigenvalue weighted by molar-refractivity contribution is 9.10. The molecule has 0 aromatic heterocycles. The summed E-state index contributed by atoms with van der Waals surface area (Å²) in [4.78, 5) is 12.1.